The Bertz CT molecular complexity index is 837. The maximum absolute atomic E-state index is 12.7. The second-order valence-corrected chi connectivity index (χ2v) is 11.0. The summed E-state index contributed by atoms with van der Waals surface area (Å²) in [5.74, 6) is 1.16. The van der Waals surface area contributed by atoms with E-state index in [1.807, 2.05) is 6.92 Å². The fraction of sp³-hybridized carbons (Fsp3) is 0.636. The molecule has 1 aromatic carbocycles. The largest absolute Gasteiger partial charge is 0.353 e. The van der Waals surface area contributed by atoms with Crippen LogP contribution in [0.5, 0.6) is 0 Å². The van der Waals surface area contributed by atoms with Gasteiger partial charge < -0.3 is 18.5 Å². The Kier molecular flexibility index (Phi) is 11.6. The van der Waals surface area contributed by atoms with Gasteiger partial charge in [-0.3, -0.25) is 8.75 Å². The van der Waals surface area contributed by atoms with E-state index in [0.717, 1.165) is 24.8 Å². The summed E-state index contributed by atoms with van der Waals surface area (Å²) in [5, 5.41) is 0. The lowest BCUT2D eigenvalue weighted by atomic mass is 10.1. The van der Waals surface area contributed by atoms with E-state index >= 15 is 0 Å². The monoisotopic (exact) mass is 490 g/mol. The molecule has 0 amide bonds. The topological polar surface area (TPSA) is 97.4 Å². The van der Waals surface area contributed by atoms with Crippen molar-refractivity contribution in [1.82, 2.24) is 0 Å². The van der Waals surface area contributed by atoms with Crippen LogP contribution in [-0.4, -0.2) is 47.7 Å². The van der Waals surface area contributed by atoms with E-state index in [1.165, 1.54) is 17.9 Å². The van der Waals surface area contributed by atoms with Crippen molar-refractivity contribution in [1.29, 1.82) is 0 Å². The molecule has 0 spiro atoms. The van der Waals surface area contributed by atoms with Gasteiger partial charge in [0, 0.05) is 18.3 Å². The van der Waals surface area contributed by atoms with Crippen molar-refractivity contribution in [3.63, 3.8) is 0 Å². The van der Waals surface area contributed by atoms with Gasteiger partial charge in [0.1, 0.15) is 0 Å². The van der Waals surface area contributed by atoms with Crippen LogP contribution in [0.1, 0.15) is 45.1 Å². The molecule has 0 bridgehead atoms. The molecule has 0 unspecified atom stereocenters. The average Bonchev–Trinajstić information content (AvgIpc) is 2.76. The third-order valence-corrected chi connectivity index (χ3v) is 7.93. The minimum Gasteiger partial charge on any atom is -0.353 e. The first kappa shape index (κ1) is 27.2. The maximum atomic E-state index is 12.7. The van der Waals surface area contributed by atoms with Crippen LogP contribution in [0.15, 0.2) is 41.1 Å². The smallest absolute Gasteiger partial charge is 0.353 e. The second kappa shape index (κ2) is 13.6. The molecule has 0 aromatic heterocycles. The number of hydrogen-bond donors (Lipinski definition) is 0. The maximum Gasteiger partial charge on any atom is 0.353 e. The molecule has 1 heterocycles. The van der Waals surface area contributed by atoms with Crippen molar-refractivity contribution in [2.24, 2.45) is 5.92 Å². The molecule has 1 saturated heterocycles. The van der Waals surface area contributed by atoms with E-state index in [4.69, 9.17) is 22.7 Å². The molecule has 0 saturated carbocycles. The highest BCUT2D eigenvalue weighted by Crippen LogP contribution is 2.49. The Morgan fingerprint density at radius 1 is 1.16 bits per heavy atom. The summed E-state index contributed by atoms with van der Waals surface area (Å²) in [5.41, 5.74) is 0.962. The van der Waals surface area contributed by atoms with Crippen molar-refractivity contribution in [2.75, 3.05) is 33.0 Å². The third kappa shape index (κ3) is 9.43. The van der Waals surface area contributed by atoms with Gasteiger partial charge in [0.15, 0.2) is 6.29 Å². The van der Waals surface area contributed by atoms with Gasteiger partial charge in [-0.2, -0.15) is 8.42 Å². The van der Waals surface area contributed by atoms with Crippen molar-refractivity contribution >= 4 is 17.7 Å². The van der Waals surface area contributed by atoms with Crippen LogP contribution in [0, 0.1) is 12.8 Å². The normalized spacial score (nSPS) is 18.8. The summed E-state index contributed by atoms with van der Waals surface area (Å²) >= 11 is 0. The summed E-state index contributed by atoms with van der Waals surface area (Å²) in [4.78, 5) is 0.110. The van der Waals surface area contributed by atoms with Crippen LogP contribution in [0.2, 0.25) is 0 Å². The molecular weight excluding hydrogens is 455 g/mol. The molecular formula is C22H35O8PS. The van der Waals surface area contributed by atoms with Crippen molar-refractivity contribution in [3.05, 3.63) is 41.7 Å². The van der Waals surface area contributed by atoms with Crippen molar-refractivity contribution < 1.29 is 35.7 Å². The summed E-state index contributed by atoms with van der Waals surface area (Å²) in [7, 11) is -7.24. The Balaban J connectivity index is 2.01. The predicted molar refractivity (Wildman–Crippen MR) is 122 cm³/mol. The highest BCUT2D eigenvalue weighted by atomic mass is 32.2. The van der Waals surface area contributed by atoms with E-state index in [2.05, 4.69) is 0 Å². The third-order valence-electron chi connectivity index (χ3n) is 4.83. The Morgan fingerprint density at radius 2 is 1.84 bits per heavy atom. The second-order valence-electron chi connectivity index (χ2n) is 7.48. The number of hydrogen-bond acceptors (Lipinski definition) is 8. The van der Waals surface area contributed by atoms with Crippen LogP contribution in [0.3, 0.4) is 0 Å². The molecule has 1 aromatic rings. The van der Waals surface area contributed by atoms with Gasteiger partial charge in [-0.15, -0.1) is 0 Å². The number of benzene rings is 1. The van der Waals surface area contributed by atoms with Gasteiger partial charge in [-0.1, -0.05) is 23.8 Å². The zero-order chi connectivity index (χ0) is 23.5. The summed E-state index contributed by atoms with van der Waals surface area (Å²) in [6.45, 7) is 6.74. The summed E-state index contributed by atoms with van der Waals surface area (Å²) in [6.07, 6.45) is 4.60. The Hall–Kier alpha value is -1.06. The van der Waals surface area contributed by atoms with E-state index in [0.29, 0.717) is 13.0 Å². The molecule has 0 aliphatic carbocycles. The molecule has 1 aliphatic rings. The SMILES string of the molecule is CCOP(=O)(C=C[C@H](CCOS(=O)(=O)c1ccc(C)cc1)CO[C@@H]1CCCCO1)OCC. The zero-order valence-electron chi connectivity index (χ0n) is 19.1. The molecule has 1 fully saturated rings. The average molecular weight is 491 g/mol. The Morgan fingerprint density at radius 3 is 2.44 bits per heavy atom. The minimum atomic E-state index is -3.86. The first-order valence-corrected chi connectivity index (χ1v) is 14.1. The standard InChI is InChI=1S/C22H35O8PS/c1-4-28-31(23,29-5-2)17-14-20(18-27-22-8-6-7-15-26-22)13-16-30-32(24,25)21-11-9-19(3)10-12-21/h9-12,14,17,20,22H,4-8,13,15-16,18H2,1-3H3/t20-,22+/m0/s1. The molecule has 2 atom stereocenters. The molecule has 8 nitrogen and oxygen atoms in total. The molecule has 32 heavy (non-hydrogen) atoms. The van der Waals surface area contributed by atoms with Crippen molar-refractivity contribution in [2.45, 2.75) is 57.6 Å². The zero-order valence-corrected chi connectivity index (χ0v) is 20.8. The fourth-order valence-corrected chi connectivity index (χ4v) is 5.44. The summed E-state index contributed by atoms with van der Waals surface area (Å²) in [6, 6.07) is 6.48. The molecule has 2 rings (SSSR count). The van der Waals surface area contributed by atoms with Crippen molar-refractivity contribution in [3.8, 4) is 0 Å². The molecule has 0 N–H and O–H groups in total. The van der Waals surface area contributed by atoms with Crippen LogP contribution in [0.25, 0.3) is 0 Å². The van der Waals surface area contributed by atoms with E-state index < -0.39 is 17.7 Å². The van der Waals surface area contributed by atoms with Crippen LogP contribution in [0.4, 0.5) is 0 Å². The quantitative estimate of drug-likeness (QED) is 0.265. The van der Waals surface area contributed by atoms with Gasteiger partial charge in [0.25, 0.3) is 10.1 Å². The molecule has 0 radical (unpaired) electrons. The lowest BCUT2D eigenvalue weighted by Gasteiger charge is -2.24. The van der Waals surface area contributed by atoms with Crippen LogP contribution < -0.4 is 0 Å². The number of rotatable bonds is 14. The Labute approximate surface area is 191 Å². The lowest BCUT2D eigenvalue weighted by Crippen LogP contribution is -2.25. The highest BCUT2D eigenvalue weighted by molar-refractivity contribution is 7.86. The number of aryl methyl sites for hydroxylation is 1. The number of ether oxygens (including phenoxy) is 2. The van der Waals surface area contributed by atoms with Gasteiger partial charge in [0.2, 0.25) is 0 Å². The lowest BCUT2D eigenvalue weighted by molar-refractivity contribution is -0.167. The molecule has 10 heteroatoms. The molecule has 1 aliphatic heterocycles. The van der Waals surface area contributed by atoms with Gasteiger partial charge in [-0.25, -0.2) is 0 Å². The van der Waals surface area contributed by atoms with Gasteiger partial charge in [0.05, 0.1) is 31.3 Å². The predicted octanol–water partition coefficient (Wildman–Crippen LogP) is 5.03. The fourth-order valence-electron chi connectivity index (χ4n) is 3.10. The van der Waals surface area contributed by atoms with Gasteiger partial charge >= 0.3 is 7.60 Å². The van der Waals surface area contributed by atoms with E-state index in [-0.39, 0.29) is 43.5 Å². The van der Waals surface area contributed by atoms with E-state index in [9.17, 15) is 13.0 Å². The first-order valence-electron chi connectivity index (χ1n) is 11.1. The summed E-state index contributed by atoms with van der Waals surface area (Å²) < 4.78 is 64.9. The van der Waals surface area contributed by atoms with Gasteiger partial charge in [-0.05, 0) is 58.6 Å². The van der Waals surface area contributed by atoms with E-state index in [1.54, 1.807) is 32.1 Å². The highest BCUT2D eigenvalue weighted by Gasteiger charge is 2.22. The minimum absolute atomic E-state index is 0.0479. The van der Waals surface area contributed by atoms with Crippen LogP contribution in [-0.2, 0) is 37.4 Å². The van der Waals surface area contributed by atoms with Crippen LogP contribution >= 0.6 is 7.60 Å². The molecule has 182 valence electrons. The first-order chi connectivity index (χ1) is 15.3.